The van der Waals surface area contributed by atoms with Crippen LogP contribution in [-0.4, -0.2) is 31.8 Å². The minimum Gasteiger partial charge on any atom is -0.497 e. The topological polar surface area (TPSA) is 81.8 Å². The summed E-state index contributed by atoms with van der Waals surface area (Å²) in [7, 11) is 3.30. The van der Waals surface area contributed by atoms with Crippen LogP contribution in [0.3, 0.4) is 0 Å². The highest BCUT2D eigenvalue weighted by atomic mass is 16.5. The van der Waals surface area contributed by atoms with E-state index in [1.165, 1.54) is 0 Å². The zero-order chi connectivity index (χ0) is 16.5. The highest BCUT2D eigenvalue weighted by Gasteiger charge is 2.18. The molecule has 0 saturated heterocycles. The highest BCUT2D eigenvalue weighted by molar-refractivity contribution is 5.70. The van der Waals surface area contributed by atoms with Crippen LogP contribution in [0.4, 0.5) is 0 Å². The van der Waals surface area contributed by atoms with Gasteiger partial charge in [0, 0.05) is 6.54 Å². The number of hydrogen-bond acceptors (Lipinski definition) is 4. The van der Waals surface area contributed by atoms with Crippen LogP contribution in [0.1, 0.15) is 31.7 Å². The van der Waals surface area contributed by atoms with Crippen LogP contribution in [0.25, 0.3) is 0 Å². The van der Waals surface area contributed by atoms with Crippen molar-refractivity contribution < 1.29 is 19.4 Å². The minimum atomic E-state index is -0.802. The molecule has 0 aromatic heterocycles. The third-order valence-electron chi connectivity index (χ3n) is 3.95. The van der Waals surface area contributed by atoms with E-state index in [1.807, 2.05) is 18.2 Å². The fourth-order valence-electron chi connectivity index (χ4n) is 2.62. The first kappa shape index (κ1) is 18.3. The molecule has 124 valence electrons. The molecule has 0 aliphatic heterocycles. The van der Waals surface area contributed by atoms with E-state index in [2.05, 4.69) is 6.92 Å². The predicted molar refractivity (Wildman–Crippen MR) is 86.4 cm³/mol. The average Bonchev–Trinajstić information content (AvgIpc) is 2.52. The molecule has 0 spiro atoms. The maximum Gasteiger partial charge on any atom is 0.307 e. The van der Waals surface area contributed by atoms with Crippen LogP contribution < -0.4 is 15.2 Å². The van der Waals surface area contributed by atoms with Crippen molar-refractivity contribution in [3.63, 3.8) is 0 Å². The summed E-state index contributed by atoms with van der Waals surface area (Å²) in [5, 5.41) is 9.04. The van der Waals surface area contributed by atoms with Crippen LogP contribution in [0.15, 0.2) is 18.2 Å². The Hall–Kier alpha value is -1.75. The van der Waals surface area contributed by atoms with Gasteiger partial charge in [-0.3, -0.25) is 4.79 Å². The van der Waals surface area contributed by atoms with Crippen LogP contribution >= 0.6 is 0 Å². The Morgan fingerprint density at radius 3 is 2.59 bits per heavy atom. The van der Waals surface area contributed by atoms with E-state index < -0.39 is 11.9 Å². The van der Waals surface area contributed by atoms with Crippen molar-refractivity contribution in [1.82, 2.24) is 0 Å². The third-order valence-corrected chi connectivity index (χ3v) is 3.95. The molecule has 0 radical (unpaired) electrons. The summed E-state index contributed by atoms with van der Waals surface area (Å²) in [6, 6.07) is 5.78. The first-order chi connectivity index (χ1) is 10.5. The second kappa shape index (κ2) is 9.30. The van der Waals surface area contributed by atoms with Crippen molar-refractivity contribution in [3.8, 4) is 11.5 Å². The van der Waals surface area contributed by atoms with E-state index in [9.17, 15) is 4.79 Å². The SMILES string of the molecule is COc1ccc(OC)c(CCCC(C)CC(CN)C(=O)O)c1. The fourth-order valence-corrected chi connectivity index (χ4v) is 2.62. The van der Waals surface area contributed by atoms with Crippen molar-refractivity contribution in [2.75, 3.05) is 20.8 Å². The van der Waals surface area contributed by atoms with Crippen LogP contribution in [0.2, 0.25) is 0 Å². The molecule has 0 aliphatic rings. The molecule has 1 rings (SSSR count). The lowest BCUT2D eigenvalue weighted by Gasteiger charge is -2.16. The van der Waals surface area contributed by atoms with Gasteiger partial charge in [0.2, 0.25) is 0 Å². The smallest absolute Gasteiger partial charge is 0.307 e. The first-order valence-electron chi connectivity index (χ1n) is 7.65. The van der Waals surface area contributed by atoms with Crippen molar-refractivity contribution in [1.29, 1.82) is 0 Å². The standard InChI is InChI=1S/C17H27NO4/c1-12(9-14(11-18)17(19)20)5-4-6-13-10-15(21-2)7-8-16(13)22-3/h7-8,10,12,14H,4-6,9,11,18H2,1-3H3,(H,19,20). The van der Waals surface area contributed by atoms with Gasteiger partial charge in [-0.15, -0.1) is 0 Å². The van der Waals surface area contributed by atoms with Gasteiger partial charge in [-0.2, -0.15) is 0 Å². The van der Waals surface area contributed by atoms with Gasteiger partial charge in [-0.05, 0) is 48.9 Å². The summed E-state index contributed by atoms with van der Waals surface area (Å²) >= 11 is 0. The Kier molecular flexibility index (Phi) is 7.74. The maximum absolute atomic E-state index is 11.0. The Bertz CT molecular complexity index is 476. The number of carbonyl (C=O) groups is 1. The van der Waals surface area contributed by atoms with Crippen molar-refractivity contribution in [2.45, 2.75) is 32.6 Å². The molecule has 0 bridgehead atoms. The Morgan fingerprint density at radius 1 is 1.32 bits per heavy atom. The van der Waals surface area contributed by atoms with Gasteiger partial charge in [0.05, 0.1) is 20.1 Å². The largest absolute Gasteiger partial charge is 0.497 e. The average molecular weight is 309 g/mol. The molecule has 5 heteroatoms. The molecule has 1 aromatic carbocycles. The van der Waals surface area contributed by atoms with E-state index in [0.29, 0.717) is 12.3 Å². The van der Waals surface area contributed by atoms with E-state index in [4.69, 9.17) is 20.3 Å². The third kappa shape index (κ3) is 5.56. The van der Waals surface area contributed by atoms with Gasteiger partial charge in [0.15, 0.2) is 0 Å². The molecule has 3 N–H and O–H groups in total. The summed E-state index contributed by atoms with van der Waals surface area (Å²) in [5.74, 6) is 0.767. The Balaban J connectivity index is 2.51. The van der Waals surface area contributed by atoms with E-state index in [1.54, 1.807) is 14.2 Å². The molecule has 0 fully saturated rings. The number of carboxylic acid groups (broad SMARTS) is 1. The number of rotatable bonds is 10. The highest BCUT2D eigenvalue weighted by Crippen LogP contribution is 2.26. The first-order valence-corrected chi connectivity index (χ1v) is 7.65. The molecule has 2 unspecified atom stereocenters. The molecule has 5 nitrogen and oxygen atoms in total. The number of ether oxygens (including phenoxy) is 2. The summed E-state index contributed by atoms with van der Waals surface area (Å²) < 4.78 is 10.6. The molecule has 0 saturated carbocycles. The lowest BCUT2D eigenvalue weighted by molar-refractivity contribution is -0.141. The van der Waals surface area contributed by atoms with Crippen molar-refractivity contribution in [3.05, 3.63) is 23.8 Å². The quantitative estimate of drug-likeness (QED) is 0.694. The van der Waals surface area contributed by atoms with Crippen LogP contribution in [0, 0.1) is 11.8 Å². The van der Waals surface area contributed by atoms with Gasteiger partial charge in [-0.25, -0.2) is 0 Å². The zero-order valence-electron chi connectivity index (χ0n) is 13.7. The lowest BCUT2D eigenvalue weighted by Crippen LogP contribution is -2.25. The van der Waals surface area contributed by atoms with Crippen LogP contribution in [-0.2, 0) is 11.2 Å². The van der Waals surface area contributed by atoms with Gasteiger partial charge in [0.1, 0.15) is 11.5 Å². The molecular weight excluding hydrogens is 282 g/mol. The van der Waals surface area contributed by atoms with Gasteiger partial charge >= 0.3 is 5.97 Å². The Morgan fingerprint density at radius 2 is 2.05 bits per heavy atom. The Labute approximate surface area is 132 Å². The maximum atomic E-state index is 11.0. The molecular formula is C17H27NO4. The van der Waals surface area contributed by atoms with E-state index >= 15 is 0 Å². The van der Waals surface area contributed by atoms with Crippen molar-refractivity contribution >= 4 is 5.97 Å². The van der Waals surface area contributed by atoms with Gasteiger partial charge in [0.25, 0.3) is 0 Å². The number of methoxy groups -OCH3 is 2. The number of hydrogen-bond donors (Lipinski definition) is 2. The predicted octanol–water partition coefficient (Wildman–Crippen LogP) is 2.71. The van der Waals surface area contributed by atoms with E-state index in [-0.39, 0.29) is 6.54 Å². The number of aliphatic carboxylic acids is 1. The van der Waals surface area contributed by atoms with Crippen molar-refractivity contribution in [2.24, 2.45) is 17.6 Å². The normalized spacial score (nSPS) is 13.5. The van der Waals surface area contributed by atoms with E-state index in [0.717, 1.165) is 36.3 Å². The molecule has 2 atom stereocenters. The number of benzene rings is 1. The second-order valence-corrected chi connectivity index (χ2v) is 5.68. The number of aryl methyl sites for hydroxylation is 1. The van der Waals surface area contributed by atoms with Gasteiger partial charge in [-0.1, -0.05) is 13.3 Å². The van der Waals surface area contributed by atoms with Crippen LogP contribution in [0.5, 0.6) is 11.5 Å². The molecule has 0 amide bonds. The number of carboxylic acids is 1. The monoisotopic (exact) mass is 309 g/mol. The summed E-state index contributed by atoms with van der Waals surface area (Å²) in [6.07, 6.45) is 3.44. The fraction of sp³-hybridized carbons (Fsp3) is 0.588. The summed E-state index contributed by atoms with van der Waals surface area (Å²) in [6.45, 7) is 2.28. The molecule has 0 heterocycles. The summed E-state index contributed by atoms with van der Waals surface area (Å²) in [4.78, 5) is 11.0. The minimum absolute atomic E-state index is 0.198. The lowest BCUT2D eigenvalue weighted by atomic mass is 9.91. The zero-order valence-corrected chi connectivity index (χ0v) is 13.7. The molecule has 1 aromatic rings. The number of nitrogens with two attached hydrogens (primary N) is 1. The molecule has 22 heavy (non-hydrogen) atoms. The summed E-state index contributed by atoms with van der Waals surface area (Å²) in [5.41, 5.74) is 6.61. The van der Waals surface area contributed by atoms with Gasteiger partial charge < -0.3 is 20.3 Å². The molecule has 0 aliphatic carbocycles. The second-order valence-electron chi connectivity index (χ2n) is 5.68.